The van der Waals surface area contributed by atoms with Crippen LogP contribution in [0.25, 0.3) is 11.3 Å². The summed E-state index contributed by atoms with van der Waals surface area (Å²) in [5.41, 5.74) is 2.13. The van der Waals surface area contributed by atoms with Gasteiger partial charge in [0, 0.05) is 38.4 Å². The topological polar surface area (TPSA) is 82.4 Å². The van der Waals surface area contributed by atoms with E-state index < -0.39 is 20.0 Å². The van der Waals surface area contributed by atoms with Crippen LogP contribution >= 0.6 is 0 Å². The first-order valence-electron chi connectivity index (χ1n) is 15.6. The zero-order chi connectivity index (χ0) is 32.8. The van der Waals surface area contributed by atoms with Crippen molar-refractivity contribution in [1.82, 2.24) is 14.9 Å². The molecule has 1 aromatic heterocycles. The van der Waals surface area contributed by atoms with Crippen LogP contribution in [0.3, 0.4) is 0 Å². The standard InChI is InChI=1S/C37H47N3O4Si/c1-27(41)34-39-33(26-40(34)8)29-21-19-28(20-22-29)25-30(38-35(42)44-36(2,3)4)23-24-43-45(37(5,6)7,31-15-11-9-12-16-31)32-17-13-10-14-18-32/h9-22,26,30H,23-25H2,1-8H3,(H,38,42)/t30-/m1/s1. The van der Waals surface area contributed by atoms with Gasteiger partial charge in [0.15, 0.2) is 11.6 Å². The van der Waals surface area contributed by atoms with Crippen LogP contribution in [0.1, 0.15) is 71.1 Å². The Balaban J connectivity index is 1.58. The fraction of sp³-hybridized carbons (Fsp3) is 0.378. The highest BCUT2D eigenvalue weighted by Crippen LogP contribution is 2.37. The highest BCUT2D eigenvalue weighted by molar-refractivity contribution is 6.99. The van der Waals surface area contributed by atoms with Crippen LogP contribution in [0.5, 0.6) is 0 Å². The predicted octanol–water partition coefficient (Wildman–Crippen LogP) is 6.69. The average Bonchev–Trinajstić information content (AvgIpc) is 3.37. The van der Waals surface area contributed by atoms with Crippen LogP contribution in [-0.2, 0) is 22.6 Å². The maximum atomic E-state index is 12.9. The second-order valence-corrected chi connectivity index (χ2v) is 18.0. The molecule has 3 aromatic carbocycles. The van der Waals surface area contributed by atoms with E-state index in [9.17, 15) is 9.59 Å². The molecular formula is C37H47N3O4Si. The van der Waals surface area contributed by atoms with Crippen molar-refractivity contribution in [3.8, 4) is 11.3 Å². The van der Waals surface area contributed by atoms with Crippen molar-refractivity contribution in [2.75, 3.05) is 6.61 Å². The van der Waals surface area contributed by atoms with Gasteiger partial charge < -0.3 is 19.0 Å². The number of ether oxygens (including phenoxy) is 1. The molecule has 0 saturated carbocycles. The maximum Gasteiger partial charge on any atom is 0.407 e. The van der Waals surface area contributed by atoms with Crippen molar-refractivity contribution in [3.63, 3.8) is 0 Å². The Labute approximate surface area is 269 Å². The van der Waals surface area contributed by atoms with Crippen molar-refractivity contribution >= 4 is 30.6 Å². The smallest absolute Gasteiger partial charge is 0.407 e. The number of hydrogen-bond acceptors (Lipinski definition) is 5. The molecule has 0 radical (unpaired) electrons. The van der Waals surface area contributed by atoms with E-state index in [1.807, 2.05) is 70.4 Å². The molecule has 1 atom stereocenters. The molecule has 8 heteroatoms. The van der Waals surface area contributed by atoms with Crippen LogP contribution in [0.2, 0.25) is 5.04 Å². The minimum absolute atomic E-state index is 0.0725. The van der Waals surface area contributed by atoms with E-state index in [2.05, 4.69) is 79.6 Å². The molecule has 1 amide bonds. The van der Waals surface area contributed by atoms with Crippen LogP contribution in [-0.4, -0.2) is 48.0 Å². The number of alkyl carbamates (subject to hydrolysis) is 1. The van der Waals surface area contributed by atoms with Crippen molar-refractivity contribution in [2.24, 2.45) is 7.05 Å². The Bertz CT molecular complexity index is 1530. The Morgan fingerprint density at radius 1 is 0.867 bits per heavy atom. The number of rotatable bonds is 11. The van der Waals surface area contributed by atoms with Crippen molar-refractivity contribution in [3.05, 3.63) is 103 Å². The van der Waals surface area contributed by atoms with E-state index in [-0.39, 0.29) is 16.9 Å². The number of benzene rings is 3. The van der Waals surface area contributed by atoms with E-state index in [0.29, 0.717) is 25.3 Å². The Kier molecular flexibility index (Phi) is 10.5. The summed E-state index contributed by atoms with van der Waals surface area (Å²) < 4.78 is 14.5. The number of nitrogens with zero attached hydrogens (tertiary/aromatic N) is 2. The van der Waals surface area contributed by atoms with Gasteiger partial charge in [-0.05, 0) is 54.6 Å². The Morgan fingerprint density at radius 3 is 1.89 bits per heavy atom. The SMILES string of the molecule is CC(=O)c1nc(-c2ccc(C[C@@H](CCO[Si](c3ccccc3)(c3ccccc3)C(C)(C)C)NC(=O)OC(C)(C)C)cc2)cn1C. The highest BCUT2D eigenvalue weighted by Gasteiger charge is 2.50. The minimum Gasteiger partial charge on any atom is -0.444 e. The minimum atomic E-state index is -2.72. The highest BCUT2D eigenvalue weighted by atomic mass is 28.4. The van der Waals surface area contributed by atoms with Crippen molar-refractivity contribution in [2.45, 2.75) is 78.0 Å². The summed E-state index contributed by atoms with van der Waals surface area (Å²) >= 11 is 0. The predicted molar refractivity (Wildman–Crippen MR) is 184 cm³/mol. The van der Waals surface area contributed by atoms with Gasteiger partial charge >= 0.3 is 6.09 Å². The van der Waals surface area contributed by atoms with Gasteiger partial charge in [0.1, 0.15) is 5.60 Å². The largest absolute Gasteiger partial charge is 0.444 e. The molecule has 0 unspecified atom stereocenters. The average molecular weight is 626 g/mol. The van der Waals surface area contributed by atoms with Crippen molar-refractivity contribution < 1.29 is 18.8 Å². The molecule has 7 nitrogen and oxygen atoms in total. The number of ketones is 1. The van der Waals surface area contributed by atoms with Crippen molar-refractivity contribution in [1.29, 1.82) is 0 Å². The Morgan fingerprint density at radius 2 is 1.42 bits per heavy atom. The van der Waals surface area contributed by atoms with Crippen LogP contribution in [0.4, 0.5) is 4.79 Å². The summed E-state index contributed by atoms with van der Waals surface area (Å²) in [7, 11) is -0.896. The monoisotopic (exact) mass is 625 g/mol. The lowest BCUT2D eigenvalue weighted by atomic mass is 10.0. The van der Waals surface area contributed by atoms with E-state index in [1.165, 1.54) is 17.3 Å². The second-order valence-electron chi connectivity index (χ2n) is 13.7. The number of hydrogen-bond donors (Lipinski definition) is 1. The van der Waals surface area contributed by atoms with Crippen LogP contribution in [0.15, 0.2) is 91.1 Å². The van der Waals surface area contributed by atoms with E-state index >= 15 is 0 Å². The first kappa shape index (κ1) is 33.9. The molecule has 4 aromatic rings. The summed E-state index contributed by atoms with van der Waals surface area (Å²) in [5.74, 6) is 0.355. The fourth-order valence-corrected chi connectivity index (χ4v) is 10.4. The molecule has 0 spiro atoms. The van der Waals surface area contributed by atoms with E-state index in [4.69, 9.17) is 9.16 Å². The van der Waals surface area contributed by atoms with Gasteiger partial charge in [-0.25, -0.2) is 9.78 Å². The van der Waals surface area contributed by atoms with Gasteiger partial charge in [-0.15, -0.1) is 0 Å². The second kappa shape index (κ2) is 14.0. The third kappa shape index (κ3) is 8.38. The third-order valence-corrected chi connectivity index (χ3v) is 12.9. The molecule has 0 saturated heterocycles. The molecule has 45 heavy (non-hydrogen) atoms. The lowest BCUT2D eigenvalue weighted by molar-refractivity contribution is 0.0497. The zero-order valence-corrected chi connectivity index (χ0v) is 28.9. The summed E-state index contributed by atoms with van der Waals surface area (Å²) in [6, 6.07) is 29.0. The quantitative estimate of drug-likeness (QED) is 0.148. The summed E-state index contributed by atoms with van der Waals surface area (Å²) in [6.45, 7) is 14.4. The molecule has 0 aliphatic rings. The number of aryl methyl sites for hydroxylation is 1. The van der Waals surface area contributed by atoms with Crippen LogP contribution in [0, 0.1) is 0 Å². The molecular weight excluding hydrogens is 579 g/mol. The molecule has 1 heterocycles. The molecule has 0 bridgehead atoms. The van der Waals surface area contributed by atoms with Gasteiger partial charge in [-0.1, -0.05) is 106 Å². The molecule has 238 valence electrons. The molecule has 0 fully saturated rings. The third-order valence-electron chi connectivity index (χ3n) is 7.85. The number of carbonyl (C=O) groups is 2. The summed E-state index contributed by atoms with van der Waals surface area (Å²) in [6.07, 6.45) is 2.62. The van der Waals surface area contributed by atoms with Gasteiger partial charge in [-0.3, -0.25) is 4.79 Å². The lowest BCUT2D eigenvalue weighted by Gasteiger charge is -2.43. The molecule has 0 aliphatic heterocycles. The van der Waals surface area contributed by atoms with Gasteiger partial charge in [0.2, 0.25) is 0 Å². The number of amides is 1. The molecule has 0 aliphatic carbocycles. The van der Waals surface area contributed by atoms with E-state index in [1.54, 1.807) is 4.57 Å². The number of nitrogens with one attached hydrogen (secondary N) is 1. The Hall–Kier alpha value is -4.01. The first-order valence-corrected chi connectivity index (χ1v) is 17.5. The zero-order valence-electron chi connectivity index (χ0n) is 27.9. The number of carbonyl (C=O) groups excluding carboxylic acids is 2. The fourth-order valence-electron chi connectivity index (χ4n) is 5.84. The number of imidazole rings is 1. The molecule has 1 N–H and O–H groups in total. The number of Topliss-reactive ketones (excluding diaryl/α,β-unsaturated/α-hetero) is 1. The number of aromatic nitrogens is 2. The summed E-state index contributed by atoms with van der Waals surface area (Å²) in [4.78, 5) is 29.3. The van der Waals surface area contributed by atoms with Gasteiger partial charge in [-0.2, -0.15) is 0 Å². The van der Waals surface area contributed by atoms with E-state index in [0.717, 1.165) is 16.8 Å². The van der Waals surface area contributed by atoms with Crippen LogP contribution < -0.4 is 15.7 Å². The van der Waals surface area contributed by atoms with Gasteiger partial charge in [0.05, 0.1) is 5.69 Å². The summed E-state index contributed by atoms with van der Waals surface area (Å²) in [5, 5.41) is 5.41. The normalized spacial score (nSPS) is 12.9. The first-order chi connectivity index (χ1) is 21.2. The van der Waals surface area contributed by atoms with Gasteiger partial charge in [0.25, 0.3) is 8.32 Å². The lowest BCUT2D eigenvalue weighted by Crippen LogP contribution is -2.66. The molecule has 4 rings (SSSR count). The maximum absolute atomic E-state index is 12.9.